The maximum absolute atomic E-state index is 13.8. The van der Waals surface area contributed by atoms with Gasteiger partial charge in [-0.15, -0.1) is 0 Å². The van der Waals surface area contributed by atoms with Gasteiger partial charge in [-0.1, -0.05) is 78.9 Å². The van der Waals surface area contributed by atoms with Crippen molar-refractivity contribution in [3.05, 3.63) is 95.6 Å². The monoisotopic (exact) mass is 454 g/mol. The van der Waals surface area contributed by atoms with E-state index < -0.39 is 11.6 Å². The SMILES string of the molecule is O=C(OC1CC2CC[N+]1(CCCc1ccccc1)CC2)C1(O)c2ccccc2-c2ccccc21. The molecular weight excluding hydrogens is 422 g/mol. The predicted molar refractivity (Wildman–Crippen MR) is 132 cm³/mol. The molecular formula is C30H32NO3+. The van der Waals surface area contributed by atoms with Crippen LogP contribution < -0.4 is 0 Å². The van der Waals surface area contributed by atoms with Crippen LogP contribution in [0.5, 0.6) is 0 Å². The largest absolute Gasteiger partial charge is 0.410 e. The van der Waals surface area contributed by atoms with E-state index in [4.69, 9.17) is 4.74 Å². The number of carbonyl (C=O) groups is 1. The first-order valence-electron chi connectivity index (χ1n) is 12.6. The molecule has 3 heterocycles. The van der Waals surface area contributed by atoms with E-state index in [0.29, 0.717) is 17.0 Å². The molecule has 0 aromatic heterocycles. The van der Waals surface area contributed by atoms with Gasteiger partial charge in [0.05, 0.1) is 19.6 Å². The van der Waals surface area contributed by atoms with Crippen LogP contribution in [0.4, 0.5) is 0 Å². The van der Waals surface area contributed by atoms with Crippen LogP contribution in [0.25, 0.3) is 11.1 Å². The molecule has 3 saturated heterocycles. The maximum atomic E-state index is 13.8. The van der Waals surface area contributed by atoms with Crippen LogP contribution in [-0.2, 0) is 21.6 Å². The zero-order chi connectivity index (χ0) is 23.2. The molecule has 3 aromatic carbocycles. The van der Waals surface area contributed by atoms with Crippen LogP contribution in [0.3, 0.4) is 0 Å². The van der Waals surface area contributed by atoms with Crippen LogP contribution in [0.1, 0.15) is 42.4 Å². The van der Waals surface area contributed by atoms with E-state index in [-0.39, 0.29) is 6.23 Å². The van der Waals surface area contributed by atoms with E-state index in [9.17, 15) is 9.90 Å². The Balaban J connectivity index is 1.26. The number of hydrogen-bond acceptors (Lipinski definition) is 3. The molecule has 4 heteroatoms. The molecule has 4 aliphatic rings. The van der Waals surface area contributed by atoms with Crippen molar-refractivity contribution in [1.29, 1.82) is 0 Å². The van der Waals surface area contributed by atoms with Crippen LogP contribution in [0.15, 0.2) is 78.9 Å². The standard InChI is InChI=1S/C30H32NO3/c32-29(30(33)26-14-6-4-12-24(26)25-13-5-7-15-27(25)30)34-28-21-23-16-19-31(28,20-17-23)18-8-11-22-9-2-1-3-10-22/h1-7,9-10,12-15,23,28,33H,8,11,16-21H2/q+1. The molecule has 4 nitrogen and oxygen atoms in total. The minimum atomic E-state index is -1.75. The highest BCUT2D eigenvalue weighted by Gasteiger charge is 2.54. The van der Waals surface area contributed by atoms with Crippen LogP contribution in [-0.4, -0.2) is 41.4 Å². The summed E-state index contributed by atoms with van der Waals surface area (Å²) in [6.07, 6.45) is 5.23. The number of aliphatic hydroxyl groups is 1. The summed E-state index contributed by atoms with van der Waals surface area (Å²) in [4.78, 5) is 13.8. The number of benzene rings is 3. The molecule has 1 N–H and O–H groups in total. The van der Waals surface area contributed by atoms with Gasteiger partial charge in [-0.2, -0.15) is 0 Å². The zero-order valence-corrected chi connectivity index (χ0v) is 19.5. The number of carbonyl (C=O) groups excluding carboxylic acids is 1. The summed E-state index contributed by atoms with van der Waals surface area (Å²) in [6, 6.07) is 25.9. The molecule has 7 rings (SSSR count). The van der Waals surface area contributed by atoms with Gasteiger partial charge in [0, 0.05) is 36.8 Å². The van der Waals surface area contributed by atoms with Gasteiger partial charge in [0.15, 0.2) is 0 Å². The average molecular weight is 455 g/mol. The third-order valence-corrected chi connectivity index (χ3v) is 8.49. The highest BCUT2D eigenvalue weighted by Crippen LogP contribution is 2.49. The van der Waals surface area contributed by atoms with Crippen molar-refractivity contribution in [2.75, 3.05) is 19.6 Å². The molecule has 2 bridgehead atoms. The third kappa shape index (κ3) is 3.40. The van der Waals surface area contributed by atoms with Crippen molar-refractivity contribution in [2.24, 2.45) is 5.92 Å². The molecule has 0 radical (unpaired) electrons. The Hall–Kier alpha value is -2.95. The fraction of sp³-hybridized carbons (Fsp3) is 0.367. The number of aryl methyl sites for hydroxylation is 1. The number of quaternary nitrogens is 1. The van der Waals surface area contributed by atoms with E-state index in [1.807, 2.05) is 48.5 Å². The summed E-state index contributed by atoms with van der Waals surface area (Å²) in [6.45, 7) is 3.12. The predicted octanol–water partition coefficient (Wildman–Crippen LogP) is 5.04. The van der Waals surface area contributed by atoms with Gasteiger partial charge in [-0.25, -0.2) is 4.79 Å². The van der Waals surface area contributed by atoms with Crippen molar-refractivity contribution < 1.29 is 19.1 Å². The van der Waals surface area contributed by atoms with E-state index >= 15 is 0 Å². The van der Waals surface area contributed by atoms with Gasteiger partial charge in [0.2, 0.25) is 11.8 Å². The second-order valence-corrected chi connectivity index (χ2v) is 10.3. The fourth-order valence-electron chi connectivity index (χ4n) is 6.58. The van der Waals surface area contributed by atoms with Gasteiger partial charge in [0.25, 0.3) is 0 Å². The molecule has 1 atom stereocenters. The Labute approximate surface area is 201 Å². The molecule has 3 aromatic rings. The van der Waals surface area contributed by atoms with Gasteiger partial charge in [0.1, 0.15) is 0 Å². The molecule has 3 fully saturated rings. The number of esters is 1. The highest BCUT2D eigenvalue weighted by molar-refractivity contribution is 5.96. The molecule has 0 amide bonds. The van der Waals surface area contributed by atoms with Crippen LogP contribution in [0, 0.1) is 5.92 Å². The molecule has 34 heavy (non-hydrogen) atoms. The van der Waals surface area contributed by atoms with Crippen molar-refractivity contribution in [2.45, 2.75) is 43.9 Å². The van der Waals surface area contributed by atoms with E-state index in [2.05, 4.69) is 30.3 Å². The van der Waals surface area contributed by atoms with Crippen molar-refractivity contribution in [3.8, 4) is 11.1 Å². The Morgan fingerprint density at radius 1 is 0.882 bits per heavy atom. The average Bonchev–Trinajstić information content (AvgIpc) is 3.15. The lowest BCUT2D eigenvalue weighted by molar-refractivity contribution is -0.984. The molecule has 1 unspecified atom stereocenters. The number of nitrogens with zero attached hydrogens (tertiary/aromatic N) is 1. The first-order valence-corrected chi connectivity index (χ1v) is 12.6. The minimum Gasteiger partial charge on any atom is -0.410 e. The number of rotatable bonds is 6. The van der Waals surface area contributed by atoms with Gasteiger partial charge < -0.3 is 9.84 Å². The van der Waals surface area contributed by atoms with E-state index in [1.54, 1.807) is 0 Å². The molecule has 1 aliphatic carbocycles. The maximum Gasteiger partial charge on any atom is 0.352 e. The first kappa shape index (κ1) is 21.6. The Kier molecular flexibility index (Phi) is 5.31. The Morgan fingerprint density at radius 3 is 2.12 bits per heavy atom. The minimum absolute atomic E-state index is 0.181. The summed E-state index contributed by atoms with van der Waals surface area (Å²) in [5.41, 5.74) is 2.69. The third-order valence-electron chi connectivity index (χ3n) is 8.49. The first-order chi connectivity index (χ1) is 16.6. The number of fused-ring (bicyclic) bond motifs is 6. The molecule has 0 saturated carbocycles. The van der Waals surface area contributed by atoms with E-state index in [0.717, 1.165) is 54.5 Å². The summed E-state index contributed by atoms with van der Waals surface area (Å²) >= 11 is 0. The smallest absolute Gasteiger partial charge is 0.352 e. The Morgan fingerprint density at radius 2 is 1.47 bits per heavy atom. The lowest BCUT2D eigenvalue weighted by atomic mass is 9.83. The summed E-state index contributed by atoms with van der Waals surface area (Å²) in [7, 11) is 0. The quantitative estimate of drug-likeness (QED) is 0.420. The van der Waals surface area contributed by atoms with E-state index in [1.165, 1.54) is 18.4 Å². The van der Waals surface area contributed by atoms with Crippen LogP contribution >= 0.6 is 0 Å². The second-order valence-electron chi connectivity index (χ2n) is 10.3. The van der Waals surface area contributed by atoms with Gasteiger partial charge in [-0.05, 0) is 29.0 Å². The lowest BCUT2D eigenvalue weighted by Gasteiger charge is -2.53. The topological polar surface area (TPSA) is 46.5 Å². The normalized spacial score (nSPS) is 26.0. The molecule has 3 aliphatic heterocycles. The van der Waals surface area contributed by atoms with Gasteiger partial charge in [-0.3, -0.25) is 4.48 Å². The van der Waals surface area contributed by atoms with Crippen molar-refractivity contribution in [1.82, 2.24) is 0 Å². The highest BCUT2D eigenvalue weighted by atomic mass is 16.6. The Bertz CT molecular complexity index is 1150. The summed E-state index contributed by atoms with van der Waals surface area (Å²) in [5, 5.41) is 11.9. The second kappa shape index (κ2) is 8.37. The lowest BCUT2D eigenvalue weighted by Crippen LogP contribution is -2.66. The molecule has 174 valence electrons. The number of hydrogen-bond donors (Lipinski definition) is 1. The van der Waals surface area contributed by atoms with Crippen LogP contribution in [0.2, 0.25) is 0 Å². The number of piperidine rings is 3. The molecule has 0 spiro atoms. The summed E-state index contributed by atoms with van der Waals surface area (Å²) < 4.78 is 7.16. The van der Waals surface area contributed by atoms with Crippen molar-refractivity contribution in [3.63, 3.8) is 0 Å². The zero-order valence-electron chi connectivity index (χ0n) is 19.5. The summed E-state index contributed by atoms with van der Waals surface area (Å²) in [5.74, 6) is 0.0905. The van der Waals surface area contributed by atoms with Gasteiger partial charge >= 0.3 is 5.97 Å². The fourth-order valence-corrected chi connectivity index (χ4v) is 6.58. The van der Waals surface area contributed by atoms with Crippen molar-refractivity contribution >= 4 is 5.97 Å². The number of ether oxygens (including phenoxy) is 1.